The molecular formula is C17H18N4O3. The summed E-state index contributed by atoms with van der Waals surface area (Å²) in [5.41, 5.74) is 1.13. The normalized spacial score (nSPS) is 10.8. The van der Waals surface area contributed by atoms with Gasteiger partial charge in [0.15, 0.2) is 0 Å². The molecule has 3 aromatic heterocycles. The second-order valence-electron chi connectivity index (χ2n) is 5.43. The molecule has 1 N–H and O–H groups in total. The Labute approximate surface area is 138 Å². The highest BCUT2D eigenvalue weighted by Gasteiger charge is 2.19. The lowest BCUT2D eigenvalue weighted by atomic mass is 10.2. The first-order chi connectivity index (χ1) is 11.6. The van der Waals surface area contributed by atoms with Crippen LogP contribution in [0.2, 0.25) is 0 Å². The first-order valence-electron chi connectivity index (χ1n) is 7.62. The minimum Gasteiger partial charge on any atom is -0.463 e. The van der Waals surface area contributed by atoms with Crippen molar-refractivity contribution in [3.63, 3.8) is 0 Å². The molecule has 3 heterocycles. The minimum absolute atomic E-state index is 0.107. The largest absolute Gasteiger partial charge is 0.463 e. The number of aromatic nitrogens is 3. The van der Waals surface area contributed by atoms with Crippen molar-refractivity contribution in [2.75, 3.05) is 6.54 Å². The van der Waals surface area contributed by atoms with Crippen LogP contribution in [0.1, 0.15) is 22.8 Å². The summed E-state index contributed by atoms with van der Waals surface area (Å²) < 4.78 is 6.93. The van der Waals surface area contributed by atoms with Gasteiger partial charge in [-0.15, -0.1) is 0 Å². The van der Waals surface area contributed by atoms with Gasteiger partial charge >= 0.3 is 0 Å². The summed E-state index contributed by atoms with van der Waals surface area (Å²) >= 11 is 0. The molecule has 3 aromatic rings. The van der Waals surface area contributed by atoms with Crippen LogP contribution in [0.3, 0.4) is 0 Å². The smallest absolute Gasteiger partial charge is 0.261 e. The maximum atomic E-state index is 12.7. The molecule has 0 unspecified atom stereocenters. The maximum absolute atomic E-state index is 12.7. The van der Waals surface area contributed by atoms with Crippen molar-refractivity contribution in [2.45, 2.75) is 13.5 Å². The van der Waals surface area contributed by atoms with E-state index in [0.717, 1.165) is 5.56 Å². The van der Waals surface area contributed by atoms with Gasteiger partial charge in [-0.3, -0.25) is 14.3 Å². The lowest BCUT2D eigenvalue weighted by Crippen LogP contribution is -2.34. The molecule has 7 heteroatoms. The number of nitrogens with zero attached hydrogens (tertiary/aromatic N) is 3. The molecule has 3 rings (SSSR count). The molecule has 0 atom stereocenters. The molecule has 24 heavy (non-hydrogen) atoms. The molecule has 0 saturated heterocycles. The fourth-order valence-corrected chi connectivity index (χ4v) is 2.49. The van der Waals surface area contributed by atoms with Gasteiger partial charge in [0, 0.05) is 31.9 Å². The Bertz CT molecular complexity index is 893. The Morgan fingerprint density at radius 3 is 2.79 bits per heavy atom. The van der Waals surface area contributed by atoms with Crippen LogP contribution in [0.15, 0.2) is 52.1 Å². The third-order valence-corrected chi connectivity index (χ3v) is 3.73. The van der Waals surface area contributed by atoms with Crippen molar-refractivity contribution in [2.24, 2.45) is 7.05 Å². The van der Waals surface area contributed by atoms with Crippen LogP contribution < -0.4 is 5.56 Å². The van der Waals surface area contributed by atoms with E-state index >= 15 is 0 Å². The second-order valence-corrected chi connectivity index (χ2v) is 5.43. The fourth-order valence-electron chi connectivity index (χ4n) is 2.49. The zero-order valence-electron chi connectivity index (χ0n) is 13.5. The molecule has 0 fully saturated rings. The van der Waals surface area contributed by atoms with Crippen LogP contribution in [0.5, 0.6) is 0 Å². The van der Waals surface area contributed by atoms with E-state index in [2.05, 4.69) is 10.1 Å². The van der Waals surface area contributed by atoms with E-state index in [1.165, 1.54) is 12.3 Å². The summed E-state index contributed by atoms with van der Waals surface area (Å²) in [6.07, 6.45) is 5.08. The Hall–Kier alpha value is -3.09. The number of H-pyrrole nitrogens is 1. The Kier molecular flexibility index (Phi) is 4.33. The highest BCUT2D eigenvalue weighted by Crippen LogP contribution is 2.16. The number of carbonyl (C=O) groups excluding carboxylic acids is 1. The molecule has 0 radical (unpaired) electrons. The van der Waals surface area contributed by atoms with Crippen LogP contribution in [-0.2, 0) is 13.6 Å². The summed E-state index contributed by atoms with van der Waals surface area (Å²) in [5, 5.41) is 4.09. The number of aryl methyl sites for hydroxylation is 1. The number of pyridine rings is 1. The number of hydrogen-bond donors (Lipinski definition) is 1. The van der Waals surface area contributed by atoms with E-state index in [1.54, 1.807) is 34.0 Å². The molecule has 0 aromatic carbocycles. The highest BCUT2D eigenvalue weighted by atomic mass is 16.3. The zero-order valence-corrected chi connectivity index (χ0v) is 13.5. The van der Waals surface area contributed by atoms with Gasteiger partial charge in [0.05, 0.1) is 18.2 Å². The summed E-state index contributed by atoms with van der Waals surface area (Å²) in [4.78, 5) is 29.3. The standard InChI is InChI=1S/C17H18N4O3/c1-3-21(11-12-9-18-20(2)10-12)17(23)13-6-7-14(19-16(13)22)15-5-4-8-24-15/h4-10H,3,11H2,1-2H3,(H,19,22). The van der Waals surface area contributed by atoms with Crippen molar-refractivity contribution in [1.29, 1.82) is 0 Å². The molecule has 0 spiro atoms. The van der Waals surface area contributed by atoms with E-state index in [0.29, 0.717) is 24.5 Å². The lowest BCUT2D eigenvalue weighted by molar-refractivity contribution is 0.0751. The number of hydrogen-bond acceptors (Lipinski definition) is 4. The van der Waals surface area contributed by atoms with Crippen LogP contribution >= 0.6 is 0 Å². The molecule has 0 saturated carbocycles. The van der Waals surface area contributed by atoms with Gasteiger partial charge in [-0.1, -0.05) is 0 Å². The summed E-state index contributed by atoms with van der Waals surface area (Å²) in [7, 11) is 1.82. The molecule has 0 aliphatic carbocycles. The van der Waals surface area contributed by atoms with Gasteiger partial charge in [0.2, 0.25) is 0 Å². The van der Waals surface area contributed by atoms with Crippen molar-refractivity contribution in [3.8, 4) is 11.5 Å². The predicted molar refractivity (Wildman–Crippen MR) is 88.4 cm³/mol. The molecule has 7 nitrogen and oxygen atoms in total. The number of carbonyl (C=O) groups is 1. The van der Waals surface area contributed by atoms with Gasteiger partial charge in [0.1, 0.15) is 11.3 Å². The summed E-state index contributed by atoms with van der Waals surface area (Å²) in [6.45, 7) is 2.77. The summed E-state index contributed by atoms with van der Waals surface area (Å²) in [6, 6.07) is 6.68. The van der Waals surface area contributed by atoms with Crippen LogP contribution in [0.4, 0.5) is 0 Å². The SMILES string of the molecule is CCN(Cc1cnn(C)c1)C(=O)c1ccc(-c2ccco2)[nH]c1=O. The van der Waals surface area contributed by atoms with Crippen molar-refractivity contribution >= 4 is 5.91 Å². The number of aromatic amines is 1. The van der Waals surface area contributed by atoms with Gasteiger partial charge in [-0.05, 0) is 31.2 Å². The maximum Gasteiger partial charge on any atom is 0.261 e. The van der Waals surface area contributed by atoms with Gasteiger partial charge in [-0.25, -0.2) is 0 Å². The van der Waals surface area contributed by atoms with E-state index < -0.39 is 5.56 Å². The van der Waals surface area contributed by atoms with Gasteiger partial charge < -0.3 is 14.3 Å². The Balaban J connectivity index is 1.84. The van der Waals surface area contributed by atoms with Crippen LogP contribution in [-0.4, -0.2) is 32.1 Å². The predicted octanol–water partition coefficient (Wildman–Crippen LogP) is 2.03. The van der Waals surface area contributed by atoms with E-state index in [-0.39, 0.29) is 11.5 Å². The molecule has 0 aliphatic rings. The Morgan fingerprint density at radius 2 is 2.21 bits per heavy atom. The minimum atomic E-state index is -0.432. The second kappa shape index (κ2) is 6.57. The monoisotopic (exact) mass is 326 g/mol. The van der Waals surface area contributed by atoms with E-state index in [9.17, 15) is 9.59 Å². The van der Waals surface area contributed by atoms with Crippen LogP contribution in [0, 0.1) is 0 Å². The summed E-state index contributed by atoms with van der Waals surface area (Å²) in [5.74, 6) is 0.238. The number of furan rings is 1. The lowest BCUT2D eigenvalue weighted by Gasteiger charge is -2.19. The van der Waals surface area contributed by atoms with Gasteiger partial charge in [-0.2, -0.15) is 5.10 Å². The fraction of sp³-hybridized carbons (Fsp3) is 0.235. The zero-order chi connectivity index (χ0) is 17.1. The third kappa shape index (κ3) is 3.15. The number of rotatable bonds is 5. The first-order valence-corrected chi connectivity index (χ1v) is 7.62. The molecular weight excluding hydrogens is 308 g/mol. The average Bonchev–Trinajstić information content (AvgIpc) is 3.23. The molecule has 1 amide bonds. The van der Waals surface area contributed by atoms with Gasteiger partial charge in [0.25, 0.3) is 11.5 Å². The van der Waals surface area contributed by atoms with Crippen molar-refractivity contribution in [3.05, 3.63) is 64.4 Å². The Morgan fingerprint density at radius 1 is 1.38 bits per heavy atom. The average molecular weight is 326 g/mol. The number of nitrogens with one attached hydrogen (secondary N) is 1. The molecule has 124 valence electrons. The van der Waals surface area contributed by atoms with Crippen LogP contribution in [0.25, 0.3) is 11.5 Å². The van der Waals surface area contributed by atoms with E-state index in [1.807, 2.05) is 20.2 Å². The number of amides is 1. The molecule has 0 aliphatic heterocycles. The van der Waals surface area contributed by atoms with Crippen molar-refractivity contribution < 1.29 is 9.21 Å². The van der Waals surface area contributed by atoms with E-state index in [4.69, 9.17) is 4.42 Å². The highest BCUT2D eigenvalue weighted by molar-refractivity contribution is 5.94. The first kappa shape index (κ1) is 15.8. The third-order valence-electron chi connectivity index (χ3n) is 3.73. The quantitative estimate of drug-likeness (QED) is 0.777. The van der Waals surface area contributed by atoms with Crippen molar-refractivity contribution in [1.82, 2.24) is 19.7 Å². The topological polar surface area (TPSA) is 84.1 Å². The molecule has 0 bridgehead atoms.